The first-order valence-corrected chi connectivity index (χ1v) is 15.4. The van der Waals surface area contributed by atoms with Crippen LogP contribution in [0.5, 0.6) is 0 Å². The molecule has 0 bridgehead atoms. The van der Waals surface area contributed by atoms with Gasteiger partial charge in [-0.2, -0.15) is 0 Å². The maximum Gasteiger partial charge on any atom is 0.283 e. The molecule has 0 spiro atoms. The summed E-state index contributed by atoms with van der Waals surface area (Å²) >= 11 is 3.16. The Hall–Kier alpha value is -4.79. The van der Waals surface area contributed by atoms with Crippen LogP contribution >= 0.6 is 22.7 Å². The van der Waals surface area contributed by atoms with Crippen molar-refractivity contribution in [3.8, 4) is 0 Å². The fourth-order valence-electron chi connectivity index (χ4n) is 5.35. The number of pyridine rings is 1. The molecule has 5 aromatic heterocycles. The van der Waals surface area contributed by atoms with Crippen LogP contribution in [0.4, 0.5) is 5.82 Å². The van der Waals surface area contributed by atoms with Gasteiger partial charge in [0.15, 0.2) is 0 Å². The second kappa shape index (κ2) is 10.9. The van der Waals surface area contributed by atoms with Gasteiger partial charge in [-0.3, -0.25) is 9.59 Å². The first-order valence-electron chi connectivity index (χ1n) is 13.6. The molecule has 206 valence electrons. The molecule has 0 aliphatic carbocycles. The highest BCUT2D eigenvalue weighted by atomic mass is 32.1. The number of hydrogen-bond donors (Lipinski definition) is 0. The first-order chi connectivity index (χ1) is 20.6. The number of aromatic nitrogens is 3. The number of thiophene rings is 2. The maximum absolute atomic E-state index is 14.6. The van der Waals surface area contributed by atoms with E-state index in [0.717, 1.165) is 37.1 Å². The number of imide groups is 1. The molecule has 0 N–H and O–H groups in total. The van der Waals surface area contributed by atoms with E-state index in [2.05, 4.69) is 4.98 Å². The van der Waals surface area contributed by atoms with Gasteiger partial charge in [-0.1, -0.05) is 60.7 Å². The van der Waals surface area contributed by atoms with Crippen molar-refractivity contribution in [1.29, 1.82) is 0 Å². The maximum atomic E-state index is 14.6. The number of hydrogen-bond acceptors (Lipinski definition) is 5. The minimum absolute atomic E-state index is 0.302. The Morgan fingerprint density at radius 2 is 1.19 bits per heavy atom. The summed E-state index contributed by atoms with van der Waals surface area (Å²) in [6.45, 7) is 2.94. The average Bonchev–Trinajstić information content (AvgIpc) is 3.78. The fourth-order valence-corrected chi connectivity index (χ4v) is 7.00. The van der Waals surface area contributed by atoms with Crippen molar-refractivity contribution in [1.82, 2.24) is 14.1 Å². The van der Waals surface area contributed by atoms with Gasteiger partial charge in [-0.15, -0.1) is 22.7 Å². The molecule has 42 heavy (non-hydrogen) atoms. The molecule has 0 radical (unpaired) electrons. The third-order valence-corrected chi connectivity index (χ3v) is 9.09. The Morgan fingerprint density at radius 3 is 1.67 bits per heavy atom. The van der Waals surface area contributed by atoms with E-state index in [9.17, 15) is 9.59 Å². The van der Waals surface area contributed by atoms with Crippen molar-refractivity contribution in [2.45, 2.75) is 20.0 Å². The molecular formula is C34H26N4O2S2. The molecule has 7 rings (SSSR count). The first kappa shape index (κ1) is 26.1. The Bertz CT molecular complexity index is 1920. The molecule has 5 heterocycles. The molecule has 0 aliphatic rings. The summed E-state index contributed by atoms with van der Waals surface area (Å²) in [5.41, 5.74) is 5.86. The highest BCUT2D eigenvalue weighted by Gasteiger charge is 2.32. The van der Waals surface area contributed by atoms with Crippen molar-refractivity contribution < 1.29 is 9.59 Å². The normalized spacial score (nSPS) is 11.4. The summed E-state index contributed by atoms with van der Waals surface area (Å²) in [6.07, 6.45) is 1.64. The quantitative estimate of drug-likeness (QED) is 0.178. The lowest BCUT2D eigenvalue weighted by Crippen LogP contribution is -2.40. The van der Waals surface area contributed by atoms with Crippen LogP contribution in [0.25, 0.3) is 20.4 Å². The molecule has 0 atom stereocenters. The van der Waals surface area contributed by atoms with Gasteiger partial charge in [0.25, 0.3) is 11.8 Å². The number of anilines is 1. The molecule has 2 amide bonds. The predicted octanol–water partition coefficient (Wildman–Crippen LogP) is 8.01. The molecule has 0 unspecified atom stereocenters. The third-order valence-electron chi connectivity index (χ3n) is 7.39. The molecule has 0 saturated heterocycles. The van der Waals surface area contributed by atoms with Gasteiger partial charge in [0.2, 0.25) is 0 Å². The smallest absolute Gasteiger partial charge is 0.283 e. The number of carbonyl (C=O) groups is 2. The summed E-state index contributed by atoms with van der Waals surface area (Å²) in [5, 5.41) is 4.04. The SMILES string of the molecule is Cc1ccnc(N(C(=O)c2cc3sccc3n2Cc2ccccc2)C(=O)c2cc3sccc3n2Cc2ccccc2)c1. The van der Waals surface area contributed by atoms with Crippen molar-refractivity contribution in [3.63, 3.8) is 0 Å². The zero-order valence-electron chi connectivity index (χ0n) is 22.8. The van der Waals surface area contributed by atoms with E-state index in [1.807, 2.05) is 118 Å². The van der Waals surface area contributed by atoms with E-state index in [0.29, 0.717) is 30.3 Å². The molecule has 0 aliphatic heterocycles. The zero-order chi connectivity index (χ0) is 28.6. The van der Waals surface area contributed by atoms with Gasteiger partial charge < -0.3 is 9.13 Å². The molecule has 2 aromatic carbocycles. The lowest BCUT2D eigenvalue weighted by Gasteiger charge is -2.22. The second-order valence-electron chi connectivity index (χ2n) is 10.2. The molecule has 0 saturated carbocycles. The van der Waals surface area contributed by atoms with Crippen LogP contribution in [0.15, 0.2) is 114 Å². The van der Waals surface area contributed by atoms with Gasteiger partial charge >= 0.3 is 0 Å². The lowest BCUT2D eigenvalue weighted by atomic mass is 10.2. The monoisotopic (exact) mass is 586 g/mol. The highest BCUT2D eigenvalue weighted by Crippen LogP contribution is 2.31. The minimum atomic E-state index is -0.409. The fraction of sp³-hybridized carbons (Fsp3) is 0.0882. The third kappa shape index (κ3) is 4.74. The summed E-state index contributed by atoms with van der Waals surface area (Å²) in [6, 6.07) is 31.6. The van der Waals surface area contributed by atoms with Gasteiger partial charge in [0, 0.05) is 19.3 Å². The molecule has 0 fully saturated rings. The van der Waals surface area contributed by atoms with Crippen LogP contribution in [0, 0.1) is 6.92 Å². The number of fused-ring (bicyclic) bond motifs is 2. The number of amides is 2. The van der Waals surface area contributed by atoms with Crippen molar-refractivity contribution in [3.05, 3.63) is 142 Å². The topological polar surface area (TPSA) is 60.1 Å². The Balaban J connectivity index is 1.37. The lowest BCUT2D eigenvalue weighted by molar-refractivity contribution is 0.0887. The zero-order valence-corrected chi connectivity index (χ0v) is 24.4. The standard InChI is InChI=1S/C34H26N4O2S2/c1-23-12-15-35-32(18-23)38(33(39)28-19-30-26(13-16-41-30)36(28)21-24-8-4-2-5-9-24)34(40)29-20-31-27(14-17-42-31)37(29)22-25-10-6-3-7-11-25/h2-20H,21-22H2,1H3. The number of aryl methyl sites for hydroxylation is 1. The highest BCUT2D eigenvalue weighted by molar-refractivity contribution is 7.17. The largest absolute Gasteiger partial charge is 0.331 e. The van der Waals surface area contributed by atoms with Crippen LogP contribution in [0.2, 0.25) is 0 Å². The number of carbonyl (C=O) groups excluding carboxylic acids is 2. The van der Waals surface area contributed by atoms with E-state index in [-0.39, 0.29) is 0 Å². The van der Waals surface area contributed by atoms with Gasteiger partial charge in [0.1, 0.15) is 17.2 Å². The van der Waals surface area contributed by atoms with Crippen LogP contribution in [0.3, 0.4) is 0 Å². The molecule has 6 nitrogen and oxygen atoms in total. The molecule has 8 heteroatoms. The number of nitrogens with zero attached hydrogens (tertiary/aromatic N) is 4. The number of rotatable bonds is 7. The van der Waals surface area contributed by atoms with E-state index in [4.69, 9.17) is 0 Å². The van der Waals surface area contributed by atoms with Crippen LogP contribution in [-0.4, -0.2) is 25.9 Å². The Morgan fingerprint density at radius 1 is 0.690 bits per heavy atom. The summed E-state index contributed by atoms with van der Waals surface area (Å²) in [7, 11) is 0. The van der Waals surface area contributed by atoms with Gasteiger partial charge in [-0.05, 0) is 70.8 Å². The Kier molecular flexibility index (Phi) is 6.77. The number of benzene rings is 2. The molecular weight excluding hydrogens is 561 g/mol. The molecule has 7 aromatic rings. The van der Waals surface area contributed by atoms with Crippen LogP contribution in [-0.2, 0) is 13.1 Å². The van der Waals surface area contributed by atoms with Crippen LogP contribution in [0.1, 0.15) is 37.7 Å². The van der Waals surface area contributed by atoms with E-state index >= 15 is 0 Å². The summed E-state index contributed by atoms with van der Waals surface area (Å²) in [5.74, 6) is -0.516. The van der Waals surface area contributed by atoms with Crippen molar-refractivity contribution >= 4 is 60.7 Å². The van der Waals surface area contributed by atoms with Crippen LogP contribution < -0.4 is 4.90 Å². The summed E-state index contributed by atoms with van der Waals surface area (Å²) < 4.78 is 5.99. The van der Waals surface area contributed by atoms with E-state index in [1.165, 1.54) is 4.90 Å². The Labute approximate surface area is 250 Å². The van der Waals surface area contributed by atoms with E-state index < -0.39 is 11.8 Å². The van der Waals surface area contributed by atoms with E-state index in [1.54, 1.807) is 34.9 Å². The van der Waals surface area contributed by atoms with Gasteiger partial charge in [-0.25, -0.2) is 9.88 Å². The van der Waals surface area contributed by atoms with Gasteiger partial charge in [0.05, 0.1) is 20.4 Å². The van der Waals surface area contributed by atoms with Crippen molar-refractivity contribution in [2.24, 2.45) is 0 Å². The second-order valence-corrected chi connectivity index (χ2v) is 12.1. The summed E-state index contributed by atoms with van der Waals surface area (Å²) in [4.78, 5) is 35.0. The minimum Gasteiger partial charge on any atom is -0.331 e. The predicted molar refractivity (Wildman–Crippen MR) is 171 cm³/mol. The van der Waals surface area contributed by atoms with Crippen molar-refractivity contribution in [2.75, 3.05) is 4.90 Å². The average molecular weight is 587 g/mol.